The second kappa shape index (κ2) is 3.27. The second-order valence-corrected chi connectivity index (χ2v) is 5.73. The van der Waals surface area contributed by atoms with Crippen LogP contribution in [0, 0.1) is 5.92 Å². The summed E-state index contributed by atoms with van der Waals surface area (Å²) in [5, 5.41) is 0. The smallest absolute Gasteiger partial charge is 0.235 e. The van der Waals surface area contributed by atoms with Crippen LogP contribution >= 0.6 is 10.7 Å². The SMILES string of the molecule is O=S(=O)(Cl)CC(F)C1CCC1. The van der Waals surface area contributed by atoms with Crippen LogP contribution in [0.2, 0.25) is 0 Å². The molecule has 1 saturated carbocycles. The maximum Gasteiger partial charge on any atom is 0.235 e. The van der Waals surface area contributed by atoms with Crippen molar-refractivity contribution in [1.29, 1.82) is 0 Å². The predicted molar refractivity (Wildman–Crippen MR) is 41.9 cm³/mol. The van der Waals surface area contributed by atoms with Crippen molar-refractivity contribution < 1.29 is 12.8 Å². The van der Waals surface area contributed by atoms with Crippen LogP contribution < -0.4 is 0 Å². The summed E-state index contributed by atoms with van der Waals surface area (Å²) in [6, 6.07) is 0. The Hall–Kier alpha value is 0.170. The van der Waals surface area contributed by atoms with E-state index in [1.807, 2.05) is 0 Å². The van der Waals surface area contributed by atoms with Gasteiger partial charge in [-0.15, -0.1) is 0 Å². The summed E-state index contributed by atoms with van der Waals surface area (Å²) in [7, 11) is 1.24. The molecule has 0 amide bonds. The molecule has 0 radical (unpaired) electrons. The first-order valence-electron chi connectivity index (χ1n) is 3.55. The van der Waals surface area contributed by atoms with Gasteiger partial charge in [-0.05, 0) is 18.8 Å². The molecule has 1 fully saturated rings. The molecule has 0 N–H and O–H groups in total. The minimum atomic E-state index is -3.65. The molecule has 0 saturated heterocycles. The molecule has 0 heterocycles. The van der Waals surface area contributed by atoms with E-state index in [1.165, 1.54) is 0 Å². The first-order chi connectivity index (χ1) is 4.99. The maximum absolute atomic E-state index is 12.9. The van der Waals surface area contributed by atoms with Crippen molar-refractivity contribution >= 4 is 19.7 Å². The van der Waals surface area contributed by atoms with E-state index in [0.29, 0.717) is 0 Å². The maximum atomic E-state index is 12.9. The van der Waals surface area contributed by atoms with Gasteiger partial charge < -0.3 is 0 Å². The van der Waals surface area contributed by atoms with Crippen LogP contribution in [0.25, 0.3) is 0 Å². The molecule has 5 heteroatoms. The molecule has 1 aliphatic carbocycles. The van der Waals surface area contributed by atoms with Gasteiger partial charge in [0.25, 0.3) is 0 Å². The van der Waals surface area contributed by atoms with Crippen molar-refractivity contribution in [3.63, 3.8) is 0 Å². The molecule has 1 unspecified atom stereocenters. The van der Waals surface area contributed by atoms with Crippen LogP contribution in [0.4, 0.5) is 4.39 Å². The van der Waals surface area contributed by atoms with Crippen LogP contribution in [-0.2, 0) is 9.05 Å². The largest absolute Gasteiger partial charge is 0.246 e. The Bertz CT molecular complexity index is 223. The van der Waals surface area contributed by atoms with Crippen molar-refractivity contribution in [2.45, 2.75) is 25.4 Å². The highest BCUT2D eigenvalue weighted by Gasteiger charge is 2.30. The number of halogens is 2. The topological polar surface area (TPSA) is 34.1 Å². The van der Waals surface area contributed by atoms with E-state index < -0.39 is 21.0 Å². The summed E-state index contributed by atoms with van der Waals surface area (Å²) in [5.41, 5.74) is 0. The minimum absolute atomic E-state index is 0.0662. The molecular formula is C6H10ClFO2S. The zero-order valence-corrected chi connectivity index (χ0v) is 7.54. The summed E-state index contributed by atoms with van der Waals surface area (Å²) in [4.78, 5) is 0. The number of hydrogen-bond acceptors (Lipinski definition) is 2. The van der Waals surface area contributed by atoms with Crippen LogP contribution in [-0.4, -0.2) is 20.3 Å². The van der Waals surface area contributed by atoms with Crippen LogP contribution in [0.1, 0.15) is 19.3 Å². The number of hydrogen-bond donors (Lipinski definition) is 0. The highest BCUT2D eigenvalue weighted by atomic mass is 35.7. The van der Waals surface area contributed by atoms with Gasteiger partial charge in [0.2, 0.25) is 9.05 Å². The fourth-order valence-electron chi connectivity index (χ4n) is 1.13. The van der Waals surface area contributed by atoms with Gasteiger partial charge >= 0.3 is 0 Å². The lowest BCUT2D eigenvalue weighted by Gasteiger charge is -2.27. The van der Waals surface area contributed by atoms with E-state index in [-0.39, 0.29) is 5.92 Å². The van der Waals surface area contributed by atoms with Crippen LogP contribution in [0.15, 0.2) is 0 Å². The van der Waals surface area contributed by atoms with E-state index in [1.54, 1.807) is 0 Å². The zero-order valence-electron chi connectivity index (χ0n) is 5.96. The molecule has 0 aromatic rings. The lowest BCUT2D eigenvalue weighted by Crippen LogP contribution is -2.28. The zero-order chi connectivity index (χ0) is 8.48. The average Bonchev–Trinajstić information content (AvgIpc) is 1.50. The Morgan fingerprint density at radius 1 is 1.55 bits per heavy atom. The van der Waals surface area contributed by atoms with Gasteiger partial charge in [-0.25, -0.2) is 12.8 Å². The van der Waals surface area contributed by atoms with Gasteiger partial charge in [0.05, 0.1) is 5.75 Å². The normalized spacial score (nSPS) is 22.7. The Kier molecular flexibility index (Phi) is 2.75. The molecule has 1 aliphatic rings. The highest BCUT2D eigenvalue weighted by molar-refractivity contribution is 8.13. The third-order valence-corrected chi connectivity index (χ3v) is 3.11. The summed E-state index contributed by atoms with van der Waals surface area (Å²) in [6.45, 7) is 0. The fourth-order valence-corrected chi connectivity index (χ4v) is 2.14. The van der Waals surface area contributed by atoms with Crippen LogP contribution in [0.5, 0.6) is 0 Å². The molecule has 0 bridgehead atoms. The first-order valence-corrected chi connectivity index (χ1v) is 6.03. The van der Waals surface area contributed by atoms with Gasteiger partial charge in [0, 0.05) is 10.7 Å². The molecule has 66 valence electrons. The lowest BCUT2D eigenvalue weighted by atomic mass is 9.82. The molecule has 0 aromatic carbocycles. The Balaban J connectivity index is 2.36. The Morgan fingerprint density at radius 3 is 2.36 bits per heavy atom. The number of rotatable bonds is 3. The Labute approximate surface area is 70.2 Å². The summed E-state index contributed by atoms with van der Waals surface area (Å²) in [5.74, 6) is -0.595. The van der Waals surface area contributed by atoms with Crippen molar-refractivity contribution in [1.82, 2.24) is 0 Å². The van der Waals surface area contributed by atoms with Crippen molar-refractivity contribution in [2.24, 2.45) is 5.92 Å². The van der Waals surface area contributed by atoms with E-state index in [9.17, 15) is 12.8 Å². The van der Waals surface area contributed by atoms with Gasteiger partial charge in [-0.3, -0.25) is 0 Å². The van der Waals surface area contributed by atoms with Crippen molar-refractivity contribution in [3.8, 4) is 0 Å². The van der Waals surface area contributed by atoms with Gasteiger partial charge in [-0.2, -0.15) is 0 Å². The summed E-state index contributed by atoms with van der Waals surface area (Å²) >= 11 is 0. The number of alkyl halides is 1. The lowest BCUT2D eigenvalue weighted by molar-refractivity contribution is 0.166. The van der Waals surface area contributed by atoms with Gasteiger partial charge in [0.15, 0.2) is 0 Å². The molecule has 2 nitrogen and oxygen atoms in total. The van der Waals surface area contributed by atoms with Crippen LogP contribution in [0.3, 0.4) is 0 Å². The first kappa shape index (κ1) is 9.26. The minimum Gasteiger partial charge on any atom is -0.246 e. The van der Waals surface area contributed by atoms with E-state index in [4.69, 9.17) is 10.7 Å². The predicted octanol–water partition coefficient (Wildman–Crippen LogP) is 1.69. The molecule has 1 atom stereocenters. The highest BCUT2D eigenvalue weighted by Crippen LogP contribution is 2.32. The molecular weight excluding hydrogens is 191 g/mol. The van der Waals surface area contributed by atoms with E-state index in [0.717, 1.165) is 19.3 Å². The van der Waals surface area contributed by atoms with Crippen molar-refractivity contribution in [3.05, 3.63) is 0 Å². The third kappa shape index (κ3) is 2.95. The fraction of sp³-hybridized carbons (Fsp3) is 1.00. The third-order valence-electron chi connectivity index (χ3n) is 2.02. The molecule has 1 rings (SSSR count). The quantitative estimate of drug-likeness (QED) is 0.650. The average molecular weight is 201 g/mol. The van der Waals surface area contributed by atoms with Gasteiger partial charge in [0.1, 0.15) is 6.17 Å². The van der Waals surface area contributed by atoms with Gasteiger partial charge in [-0.1, -0.05) is 6.42 Å². The summed E-state index contributed by atoms with van der Waals surface area (Å²) < 4.78 is 33.7. The molecule has 11 heavy (non-hydrogen) atoms. The standard InChI is InChI=1S/C6H10ClFO2S/c7-11(9,10)4-6(8)5-2-1-3-5/h5-6H,1-4H2. The summed E-state index contributed by atoms with van der Waals surface area (Å²) in [6.07, 6.45) is 1.35. The van der Waals surface area contributed by atoms with Crippen molar-refractivity contribution in [2.75, 3.05) is 5.75 Å². The molecule has 0 spiro atoms. The Morgan fingerprint density at radius 2 is 2.09 bits per heavy atom. The van der Waals surface area contributed by atoms with E-state index >= 15 is 0 Å². The molecule has 0 aliphatic heterocycles. The monoisotopic (exact) mass is 200 g/mol. The molecule has 0 aromatic heterocycles. The second-order valence-electron chi connectivity index (χ2n) is 2.91. The van der Waals surface area contributed by atoms with E-state index in [2.05, 4.69) is 0 Å².